The molecule has 1 nitrogen and oxygen atoms in total. The smallest absolute Gasteiger partial charge is 0.0714 e. The summed E-state index contributed by atoms with van der Waals surface area (Å²) in [4.78, 5) is 1.29. The van der Waals surface area contributed by atoms with E-state index in [2.05, 4.69) is 62.5 Å². The van der Waals surface area contributed by atoms with Gasteiger partial charge in [0.1, 0.15) is 0 Å². The third kappa shape index (κ3) is 4.11. The normalized spacial score (nSPS) is 14.4. The van der Waals surface area contributed by atoms with Crippen LogP contribution in [0.1, 0.15) is 32.4 Å². The summed E-state index contributed by atoms with van der Waals surface area (Å²) in [7, 11) is 0. The molecule has 0 radical (unpaired) electrons. The SMILES string of the molecule is C#CC(NC(C)c1ccc(SC)cc1)C(C)C. The third-order valence-corrected chi connectivity index (χ3v) is 3.64. The Morgan fingerprint density at radius 1 is 1.18 bits per heavy atom. The Hall–Kier alpha value is -0.910. The fraction of sp³-hybridized carbons (Fsp3) is 0.467. The molecule has 0 fully saturated rings. The molecule has 0 bridgehead atoms. The zero-order chi connectivity index (χ0) is 12.8. The molecular formula is C15H21NS. The maximum atomic E-state index is 5.53. The monoisotopic (exact) mass is 247 g/mol. The number of thioether (sulfide) groups is 1. The molecule has 0 aliphatic heterocycles. The van der Waals surface area contributed by atoms with Gasteiger partial charge in [0, 0.05) is 10.9 Å². The van der Waals surface area contributed by atoms with Gasteiger partial charge in [-0.1, -0.05) is 31.9 Å². The van der Waals surface area contributed by atoms with Crippen LogP contribution in [0.2, 0.25) is 0 Å². The van der Waals surface area contributed by atoms with Gasteiger partial charge in [-0.3, -0.25) is 5.32 Å². The zero-order valence-corrected chi connectivity index (χ0v) is 11.8. The summed E-state index contributed by atoms with van der Waals surface area (Å²) in [5.41, 5.74) is 1.28. The summed E-state index contributed by atoms with van der Waals surface area (Å²) in [6, 6.07) is 9.05. The second-order valence-electron chi connectivity index (χ2n) is 4.55. The lowest BCUT2D eigenvalue weighted by Crippen LogP contribution is -2.34. The number of terminal acetylenes is 1. The lowest BCUT2D eigenvalue weighted by molar-refractivity contribution is 0.431. The van der Waals surface area contributed by atoms with Gasteiger partial charge in [0.05, 0.1) is 6.04 Å². The van der Waals surface area contributed by atoms with Crippen molar-refractivity contribution in [2.75, 3.05) is 6.26 Å². The molecule has 0 amide bonds. The highest BCUT2D eigenvalue weighted by atomic mass is 32.2. The highest BCUT2D eigenvalue weighted by molar-refractivity contribution is 7.98. The molecule has 92 valence electrons. The van der Waals surface area contributed by atoms with Gasteiger partial charge >= 0.3 is 0 Å². The summed E-state index contributed by atoms with van der Waals surface area (Å²) < 4.78 is 0. The van der Waals surface area contributed by atoms with Crippen molar-refractivity contribution >= 4 is 11.8 Å². The molecule has 2 atom stereocenters. The Morgan fingerprint density at radius 2 is 1.76 bits per heavy atom. The van der Waals surface area contributed by atoms with Crippen LogP contribution in [0, 0.1) is 18.3 Å². The molecule has 2 heteroatoms. The van der Waals surface area contributed by atoms with E-state index in [1.807, 2.05) is 0 Å². The van der Waals surface area contributed by atoms with Crippen LogP contribution in [-0.2, 0) is 0 Å². The van der Waals surface area contributed by atoms with Crippen molar-refractivity contribution in [1.29, 1.82) is 0 Å². The largest absolute Gasteiger partial charge is 0.297 e. The van der Waals surface area contributed by atoms with Crippen molar-refractivity contribution in [1.82, 2.24) is 5.32 Å². The minimum Gasteiger partial charge on any atom is -0.297 e. The number of nitrogens with one attached hydrogen (secondary N) is 1. The number of hydrogen-bond acceptors (Lipinski definition) is 2. The first-order valence-corrected chi connectivity index (χ1v) is 7.17. The molecule has 0 heterocycles. The van der Waals surface area contributed by atoms with Gasteiger partial charge in [0.15, 0.2) is 0 Å². The van der Waals surface area contributed by atoms with Gasteiger partial charge in [-0.25, -0.2) is 0 Å². The summed E-state index contributed by atoms with van der Waals surface area (Å²) in [5.74, 6) is 3.26. The molecule has 0 saturated heterocycles. The fourth-order valence-corrected chi connectivity index (χ4v) is 2.10. The van der Waals surface area contributed by atoms with Gasteiger partial charge in [0.2, 0.25) is 0 Å². The molecule has 0 spiro atoms. The number of hydrogen-bond donors (Lipinski definition) is 1. The van der Waals surface area contributed by atoms with Crippen LogP contribution >= 0.6 is 11.8 Å². The highest BCUT2D eigenvalue weighted by Crippen LogP contribution is 2.19. The number of benzene rings is 1. The van der Waals surface area contributed by atoms with Crippen LogP contribution in [0.4, 0.5) is 0 Å². The van der Waals surface area contributed by atoms with E-state index in [-0.39, 0.29) is 12.1 Å². The highest BCUT2D eigenvalue weighted by Gasteiger charge is 2.14. The van der Waals surface area contributed by atoms with Crippen molar-refractivity contribution in [2.45, 2.75) is 37.8 Å². The molecule has 0 aromatic heterocycles. The van der Waals surface area contributed by atoms with Gasteiger partial charge in [-0.15, -0.1) is 18.2 Å². The van der Waals surface area contributed by atoms with Crippen molar-refractivity contribution < 1.29 is 0 Å². The molecule has 0 aliphatic carbocycles. The van der Waals surface area contributed by atoms with Gasteiger partial charge in [0.25, 0.3) is 0 Å². The van der Waals surface area contributed by atoms with E-state index in [0.29, 0.717) is 5.92 Å². The Labute approximate surface area is 109 Å². The first-order chi connectivity index (χ1) is 8.08. The minimum absolute atomic E-state index is 0.130. The van der Waals surface area contributed by atoms with E-state index < -0.39 is 0 Å². The van der Waals surface area contributed by atoms with Crippen molar-refractivity contribution in [3.8, 4) is 12.3 Å². The molecule has 0 saturated carbocycles. The van der Waals surface area contributed by atoms with Crippen LogP contribution in [0.15, 0.2) is 29.2 Å². The quantitative estimate of drug-likeness (QED) is 0.629. The van der Waals surface area contributed by atoms with Gasteiger partial charge in [-0.2, -0.15) is 0 Å². The van der Waals surface area contributed by atoms with Crippen molar-refractivity contribution in [3.63, 3.8) is 0 Å². The van der Waals surface area contributed by atoms with Crippen molar-refractivity contribution in [2.24, 2.45) is 5.92 Å². The minimum atomic E-state index is 0.130. The Kier molecular flexibility index (Phi) is 5.61. The summed E-state index contributed by atoms with van der Waals surface area (Å²) >= 11 is 1.76. The second-order valence-corrected chi connectivity index (χ2v) is 5.43. The maximum absolute atomic E-state index is 5.53. The van der Waals surface area contributed by atoms with Crippen LogP contribution in [0.25, 0.3) is 0 Å². The first-order valence-electron chi connectivity index (χ1n) is 5.94. The topological polar surface area (TPSA) is 12.0 Å². The van der Waals surface area contributed by atoms with Gasteiger partial charge in [-0.05, 0) is 36.8 Å². The molecule has 1 N–H and O–H groups in total. The van der Waals surface area contributed by atoms with Gasteiger partial charge < -0.3 is 0 Å². The van der Waals surface area contributed by atoms with Crippen LogP contribution in [0.5, 0.6) is 0 Å². The molecule has 1 rings (SSSR count). The fourth-order valence-electron chi connectivity index (χ4n) is 1.69. The van der Waals surface area contributed by atoms with E-state index in [0.717, 1.165) is 0 Å². The summed E-state index contributed by atoms with van der Waals surface area (Å²) in [6.45, 7) is 6.43. The Bertz CT molecular complexity index is 375. The summed E-state index contributed by atoms with van der Waals surface area (Å²) in [6.07, 6.45) is 7.62. The molecule has 0 aliphatic rings. The molecule has 2 unspecified atom stereocenters. The molecule has 1 aromatic rings. The van der Waals surface area contributed by atoms with E-state index in [1.165, 1.54) is 10.5 Å². The van der Waals surface area contributed by atoms with E-state index in [1.54, 1.807) is 11.8 Å². The predicted molar refractivity (Wildman–Crippen MR) is 77.2 cm³/mol. The van der Waals surface area contributed by atoms with E-state index in [4.69, 9.17) is 6.42 Å². The second kappa shape index (κ2) is 6.74. The first kappa shape index (κ1) is 14.2. The zero-order valence-electron chi connectivity index (χ0n) is 11.0. The van der Waals surface area contributed by atoms with E-state index >= 15 is 0 Å². The average Bonchev–Trinajstić information content (AvgIpc) is 2.35. The molecular weight excluding hydrogens is 226 g/mol. The lowest BCUT2D eigenvalue weighted by Gasteiger charge is -2.22. The predicted octanol–water partition coefficient (Wildman–Crippen LogP) is 3.72. The molecule has 17 heavy (non-hydrogen) atoms. The van der Waals surface area contributed by atoms with E-state index in [9.17, 15) is 0 Å². The average molecular weight is 247 g/mol. The summed E-state index contributed by atoms with van der Waals surface area (Å²) in [5, 5.41) is 3.48. The maximum Gasteiger partial charge on any atom is 0.0714 e. The van der Waals surface area contributed by atoms with Crippen LogP contribution in [-0.4, -0.2) is 12.3 Å². The standard InChI is InChI=1S/C15H21NS/c1-6-15(11(2)3)16-12(4)13-7-9-14(17-5)10-8-13/h1,7-12,15-16H,2-5H3. The Balaban J connectivity index is 2.69. The molecule has 1 aromatic carbocycles. The lowest BCUT2D eigenvalue weighted by atomic mass is 10.0. The van der Waals surface area contributed by atoms with Crippen molar-refractivity contribution in [3.05, 3.63) is 29.8 Å². The third-order valence-electron chi connectivity index (χ3n) is 2.89. The van der Waals surface area contributed by atoms with Crippen LogP contribution < -0.4 is 5.32 Å². The van der Waals surface area contributed by atoms with Crippen LogP contribution in [0.3, 0.4) is 0 Å². The number of rotatable bonds is 5. The Morgan fingerprint density at radius 3 is 2.18 bits per heavy atom.